The second-order valence-electron chi connectivity index (χ2n) is 5.52. The number of non-ortho nitro benzene ring substituents is 1. The number of nitro benzene ring substituents is 1. The van der Waals surface area contributed by atoms with Crippen LogP contribution in [0.1, 0.15) is 30.5 Å². The molecule has 2 rings (SSSR count). The standard InChI is InChI=1S/C18H19NO2/c1-14(2)13-17-7-5-15(6-8-17)3-4-16-9-11-18(12-10-16)19(20)21/h3-12,14H,13H2,1-2H3/b4-3-. The van der Waals surface area contributed by atoms with Gasteiger partial charge in [0.2, 0.25) is 0 Å². The molecule has 0 heterocycles. The Morgan fingerprint density at radius 2 is 1.43 bits per heavy atom. The van der Waals surface area contributed by atoms with Gasteiger partial charge in [-0.05, 0) is 41.2 Å². The van der Waals surface area contributed by atoms with Crippen molar-refractivity contribution in [3.8, 4) is 0 Å². The maximum atomic E-state index is 10.6. The lowest BCUT2D eigenvalue weighted by Gasteiger charge is -2.04. The van der Waals surface area contributed by atoms with Crippen molar-refractivity contribution in [1.82, 2.24) is 0 Å². The Labute approximate surface area is 125 Å². The van der Waals surface area contributed by atoms with Crippen molar-refractivity contribution >= 4 is 17.8 Å². The predicted molar refractivity (Wildman–Crippen MR) is 87.0 cm³/mol. The van der Waals surface area contributed by atoms with E-state index < -0.39 is 0 Å². The molecule has 0 unspecified atom stereocenters. The molecule has 0 fully saturated rings. The molecule has 0 aliphatic heterocycles. The molecule has 0 aliphatic carbocycles. The smallest absolute Gasteiger partial charge is 0.258 e. The van der Waals surface area contributed by atoms with Gasteiger partial charge in [-0.25, -0.2) is 0 Å². The molecule has 0 radical (unpaired) electrons. The molecule has 0 aliphatic rings. The van der Waals surface area contributed by atoms with Gasteiger partial charge in [0.1, 0.15) is 0 Å². The maximum Gasteiger partial charge on any atom is 0.269 e. The summed E-state index contributed by atoms with van der Waals surface area (Å²) in [7, 11) is 0. The zero-order chi connectivity index (χ0) is 15.2. The van der Waals surface area contributed by atoms with Crippen molar-refractivity contribution in [1.29, 1.82) is 0 Å². The van der Waals surface area contributed by atoms with E-state index in [0.717, 1.165) is 17.5 Å². The summed E-state index contributed by atoms with van der Waals surface area (Å²) in [5.41, 5.74) is 3.54. The molecule has 0 atom stereocenters. The van der Waals surface area contributed by atoms with E-state index in [9.17, 15) is 10.1 Å². The van der Waals surface area contributed by atoms with Gasteiger partial charge in [0, 0.05) is 12.1 Å². The van der Waals surface area contributed by atoms with E-state index in [4.69, 9.17) is 0 Å². The highest BCUT2D eigenvalue weighted by atomic mass is 16.6. The van der Waals surface area contributed by atoms with Crippen molar-refractivity contribution in [2.45, 2.75) is 20.3 Å². The molecule has 0 aromatic heterocycles. The van der Waals surface area contributed by atoms with E-state index in [0.29, 0.717) is 5.92 Å². The molecule has 0 saturated carbocycles. The number of nitrogens with zero attached hydrogens (tertiary/aromatic N) is 1. The molecule has 3 nitrogen and oxygen atoms in total. The largest absolute Gasteiger partial charge is 0.269 e. The Morgan fingerprint density at radius 3 is 1.86 bits per heavy atom. The minimum absolute atomic E-state index is 0.116. The summed E-state index contributed by atoms with van der Waals surface area (Å²) in [6.45, 7) is 4.42. The first-order valence-corrected chi connectivity index (χ1v) is 7.06. The van der Waals surface area contributed by atoms with Crippen LogP contribution in [0.3, 0.4) is 0 Å². The minimum atomic E-state index is -0.388. The lowest BCUT2D eigenvalue weighted by atomic mass is 10.0. The normalized spacial score (nSPS) is 11.2. The SMILES string of the molecule is CC(C)Cc1ccc(/C=C\c2ccc([N+](=O)[O-])cc2)cc1. The fraction of sp³-hybridized carbons (Fsp3) is 0.222. The summed E-state index contributed by atoms with van der Waals surface area (Å²) in [5, 5.41) is 10.6. The molecular formula is C18H19NO2. The number of hydrogen-bond acceptors (Lipinski definition) is 2. The van der Waals surface area contributed by atoms with Crippen LogP contribution in [0.25, 0.3) is 12.2 Å². The van der Waals surface area contributed by atoms with E-state index in [1.54, 1.807) is 12.1 Å². The van der Waals surface area contributed by atoms with E-state index >= 15 is 0 Å². The van der Waals surface area contributed by atoms with Crippen LogP contribution in [0.2, 0.25) is 0 Å². The van der Waals surface area contributed by atoms with Gasteiger partial charge >= 0.3 is 0 Å². The van der Waals surface area contributed by atoms with Gasteiger partial charge in [-0.15, -0.1) is 0 Å². The second kappa shape index (κ2) is 6.84. The van der Waals surface area contributed by atoms with Gasteiger partial charge < -0.3 is 0 Å². The molecular weight excluding hydrogens is 262 g/mol. The Balaban J connectivity index is 2.05. The van der Waals surface area contributed by atoms with Crippen molar-refractivity contribution in [2.75, 3.05) is 0 Å². The van der Waals surface area contributed by atoms with E-state index in [-0.39, 0.29) is 10.6 Å². The van der Waals surface area contributed by atoms with Crippen LogP contribution in [-0.4, -0.2) is 4.92 Å². The summed E-state index contributed by atoms with van der Waals surface area (Å²) in [6, 6.07) is 15.0. The molecule has 0 bridgehead atoms. The van der Waals surface area contributed by atoms with Gasteiger partial charge in [-0.2, -0.15) is 0 Å². The zero-order valence-electron chi connectivity index (χ0n) is 12.3. The van der Waals surface area contributed by atoms with Crippen LogP contribution < -0.4 is 0 Å². The first kappa shape index (κ1) is 15.0. The van der Waals surface area contributed by atoms with Crippen molar-refractivity contribution in [3.05, 3.63) is 75.3 Å². The van der Waals surface area contributed by atoms with Gasteiger partial charge in [0.25, 0.3) is 5.69 Å². The summed E-state index contributed by atoms with van der Waals surface area (Å²) in [6.07, 6.45) is 5.06. The summed E-state index contributed by atoms with van der Waals surface area (Å²) in [4.78, 5) is 10.2. The summed E-state index contributed by atoms with van der Waals surface area (Å²) < 4.78 is 0. The summed E-state index contributed by atoms with van der Waals surface area (Å²) >= 11 is 0. The van der Waals surface area contributed by atoms with Crippen molar-refractivity contribution in [3.63, 3.8) is 0 Å². The first-order valence-electron chi connectivity index (χ1n) is 7.06. The molecule has 3 heteroatoms. The lowest BCUT2D eigenvalue weighted by molar-refractivity contribution is -0.384. The summed E-state index contributed by atoms with van der Waals surface area (Å²) in [5.74, 6) is 0.659. The highest BCUT2D eigenvalue weighted by molar-refractivity contribution is 5.70. The maximum absolute atomic E-state index is 10.6. The van der Waals surface area contributed by atoms with Crippen molar-refractivity contribution in [2.24, 2.45) is 5.92 Å². The Bertz CT molecular complexity index is 625. The highest BCUT2D eigenvalue weighted by Crippen LogP contribution is 2.15. The average molecular weight is 281 g/mol. The number of rotatable bonds is 5. The monoisotopic (exact) mass is 281 g/mol. The van der Waals surface area contributed by atoms with Gasteiger partial charge in [-0.1, -0.05) is 50.3 Å². The molecule has 0 N–H and O–H groups in total. The quantitative estimate of drug-likeness (QED) is 0.441. The molecule has 2 aromatic rings. The average Bonchev–Trinajstić information content (AvgIpc) is 2.46. The van der Waals surface area contributed by atoms with E-state index in [2.05, 4.69) is 38.1 Å². The predicted octanol–water partition coefficient (Wildman–Crippen LogP) is 4.96. The third kappa shape index (κ3) is 4.56. The van der Waals surface area contributed by atoms with Crippen LogP contribution >= 0.6 is 0 Å². The highest BCUT2D eigenvalue weighted by Gasteiger charge is 2.02. The number of benzene rings is 2. The molecule has 21 heavy (non-hydrogen) atoms. The van der Waals surface area contributed by atoms with Gasteiger partial charge in [0.05, 0.1) is 4.92 Å². The second-order valence-corrected chi connectivity index (χ2v) is 5.52. The molecule has 0 spiro atoms. The number of nitro groups is 1. The van der Waals surface area contributed by atoms with Gasteiger partial charge in [-0.3, -0.25) is 10.1 Å². The van der Waals surface area contributed by atoms with E-state index in [1.165, 1.54) is 17.7 Å². The Kier molecular flexibility index (Phi) is 4.88. The first-order chi connectivity index (χ1) is 10.0. The van der Waals surface area contributed by atoms with Crippen LogP contribution in [0, 0.1) is 16.0 Å². The number of hydrogen-bond donors (Lipinski definition) is 0. The molecule has 108 valence electrons. The van der Waals surface area contributed by atoms with Crippen LogP contribution in [0.5, 0.6) is 0 Å². The fourth-order valence-electron chi connectivity index (χ4n) is 2.14. The molecule has 0 saturated heterocycles. The van der Waals surface area contributed by atoms with E-state index in [1.807, 2.05) is 12.2 Å². The van der Waals surface area contributed by atoms with Crippen molar-refractivity contribution < 1.29 is 4.92 Å². The molecule has 2 aromatic carbocycles. The molecule has 0 amide bonds. The Morgan fingerprint density at radius 1 is 0.952 bits per heavy atom. The fourth-order valence-corrected chi connectivity index (χ4v) is 2.14. The minimum Gasteiger partial charge on any atom is -0.258 e. The lowest BCUT2D eigenvalue weighted by Crippen LogP contribution is -1.93. The zero-order valence-corrected chi connectivity index (χ0v) is 12.3. The van der Waals surface area contributed by atoms with Crippen LogP contribution in [0.4, 0.5) is 5.69 Å². The topological polar surface area (TPSA) is 43.1 Å². The van der Waals surface area contributed by atoms with Gasteiger partial charge in [0.15, 0.2) is 0 Å². The van der Waals surface area contributed by atoms with Crippen LogP contribution in [-0.2, 0) is 6.42 Å². The third-order valence-electron chi connectivity index (χ3n) is 3.20. The van der Waals surface area contributed by atoms with Crippen LogP contribution in [0.15, 0.2) is 48.5 Å². The third-order valence-corrected chi connectivity index (χ3v) is 3.20. The Hall–Kier alpha value is -2.42.